The van der Waals surface area contributed by atoms with Crippen LogP contribution in [0.2, 0.25) is 0 Å². The summed E-state index contributed by atoms with van der Waals surface area (Å²) < 4.78 is 0. The molecular formula is C24H27N5O2. The van der Waals surface area contributed by atoms with E-state index in [0.717, 1.165) is 61.0 Å². The standard InChI is InChI=1S/C24H27N5O2/c30-24(31)9-6-18-4-7-20(8-5-18)22-15-23(27-17-26-22)28-21-3-1-2-19(14-21)16-29-12-10-25-11-13-29/h1-5,7-8,14-15,17,25H,6,9-13,16H2,(H,30,31)(H,26,27,28). The number of rotatable bonds is 8. The second-order valence-corrected chi connectivity index (χ2v) is 7.73. The van der Waals surface area contributed by atoms with E-state index >= 15 is 0 Å². The summed E-state index contributed by atoms with van der Waals surface area (Å²) in [5.74, 6) is -0.0492. The van der Waals surface area contributed by atoms with Gasteiger partial charge in [0.15, 0.2) is 0 Å². The van der Waals surface area contributed by atoms with E-state index in [2.05, 4.69) is 43.7 Å². The maximum atomic E-state index is 10.7. The molecule has 0 saturated carbocycles. The zero-order valence-corrected chi connectivity index (χ0v) is 17.4. The normalized spacial score (nSPS) is 14.3. The van der Waals surface area contributed by atoms with Gasteiger partial charge in [-0.1, -0.05) is 36.4 Å². The Hall–Kier alpha value is -3.29. The van der Waals surface area contributed by atoms with Gasteiger partial charge in [-0.25, -0.2) is 9.97 Å². The molecule has 31 heavy (non-hydrogen) atoms. The molecule has 1 fully saturated rings. The van der Waals surface area contributed by atoms with Crippen molar-refractivity contribution in [3.63, 3.8) is 0 Å². The van der Waals surface area contributed by atoms with Crippen LogP contribution in [0.25, 0.3) is 11.3 Å². The Labute approximate surface area is 182 Å². The van der Waals surface area contributed by atoms with Crippen LogP contribution in [0.5, 0.6) is 0 Å². The van der Waals surface area contributed by atoms with Crippen LogP contribution in [-0.2, 0) is 17.8 Å². The number of carboxylic acids is 1. The predicted molar refractivity (Wildman–Crippen MR) is 121 cm³/mol. The summed E-state index contributed by atoms with van der Waals surface area (Å²) in [6.45, 7) is 5.18. The topological polar surface area (TPSA) is 90.4 Å². The van der Waals surface area contributed by atoms with Gasteiger partial charge in [0.05, 0.1) is 5.69 Å². The van der Waals surface area contributed by atoms with Crippen LogP contribution in [0.15, 0.2) is 60.9 Å². The molecular weight excluding hydrogens is 390 g/mol. The number of anilines is 2. The van der Waals surface area contributed by atoms with Crippen molar-refractivity contribution in [3.8, 4) is 11.3 Å². The molecule has 7 nitrogen and oxygen atoms in total. The lowest BCUT2D eigenvalue weighted by Gasteiger charge is -2.27. The highest BCUT2D eigenvalue weighted by Gasteiger charge is 2.10. The summed E-state index contributed by atoms with van der Waals surface area (Å²) >= 11 is 0. The second-order valence-electron chi connectivity index (χ2n) is 7.73. The number of piperazine rings is 1. The van der Waals surface area contributed by atoms with E-state index in [1.54, 1.807) is 6.33 Å². The third-order valence-corrected chi connectivity index (χ3v) is 5.36. The van der Waals surface area contributed by atoms with Crippen LogP contribution >= 0.6 is 0 Å². The average Bonchev–Trinajstić information content (AvgIpc) is 2.79. The highest BCUT2D eigenvalue weighted by molar-refractivity contribution is 5.68. The van der Waals surface area contributed by atoms with Gasteiger partial charge in [-0.05, 0) is 29.7 Å². The summed E-state index contributed by atoms with van der Waals surface area (Å²) in [5.41, 5.74) is 5.07. The smallest absolute Gasteiger partial charge is 0.303 e. The lowest BCUT2D eigenvalue weighted by molar-refractivity contribution is -0.136. The molecule has 0 unspecified atom stereocenters. The minimum Gasteiger partial charge on any atom is -0.481 e. The summed E-state index contributed by atoms with van der Waals surface area (Å²) in [4.78, 5) is 22.0. The quantitative estimate of drug-likeness (QED) is 0.518. The van der Waals surface area contributed by atoms with Crippen molar-refractivity contribution in [2.24, 2.45) is 0 Å². The molecule has 0 spiro atoms. The molecule has 0 amide bonds. The molecule has 0 bridgehead atoms. The molecule has 1 saturated heterocycles. The minimum absolute atomic E-state index is 0.134. The molecule has 0 aliphatic carbocycles. The summed E-state index contributed by atoms with van der Waals surface area (Å²) in [5, 5.41) is 15.6. The van der Waals surface area contributed by atoms with Crippen molar-refractivity contribution in [1.29, 1.82) is 0 Å². The van der Waals surface area contributed by atoms with Crippen LogP contribution in [-0.4, -0.2) is 52.1 Å². The number of carbonyl (C=O) groups is 1. The second kappa shape index (κ2) is 10.1. The molecule has 1 aromatic heterocycles. The molecule has 3 aromatic rings. The lowest BCUT2D eigenvalue weighted by Crippen LogP contribution is -2.42. The number of nitrogens with one attached hydrogen (secondary N) is 2. The number of carboxylic acid groups (broad SMARTS) is 1. The van der Waals surface area contributed by atoms with Crippen LogP contribution < -0.4 is 10.6 Å². The van der Waals surface area contributed by atoms with Crippen LogP contribution in [0.3, 0.4) is 0 Å². The molecule has 1 aliphatic rings. The van der Waals surface area contributed by atoms with E-state index in [0.29, 0.717) is 6.42 Å². The van der Waals surface area contributed by atoms with E-state index in [-0.39, 0.29) is 6.42 Å². The Morgan fingerprint density at radius 2 is 1.84 bits per heavy atom. The van der Waals surface area contributed by atoms with Gasteiger partial charge < -0.3 is 15.7 Å². The highest BCUT2D eigenvalue weighted by Crippen LogP contribution is 2.22. The number of nitrogens with zero attached hydrogens (tertiary/aromatic N) is 3. The van der Waals surface area contributed by atoms with E-state index < -0.39 is 5.97 Å². The number of aryl methyl sites for hydroxylation is 1. The van der Waals surface area contributed by atoms with Crippen LogP contribution in [0.4, 0.5) is 11.5 Å². The Morgan fingerprint density at radius 3 is 2.61 bits per heavy atom. The van der Waals surface area contributed by atoms with Crippen LogP contribution in [0, 0.1) is 0 Å². The van der Waals surface area contributed by atoms with E-state index in [1.807, 2.05) is 36.4 Å². The SMILES string of the molecule is O=C(O)CCc1ccc(-c2cc(Nc3cccc(CN4CCNCC4)c3)ncn2)cc1. The van der Waals surface area contributed by atoms with Crippen molar-refractivity contribution >= 4 is 17.5 Å². The monoisotopic (exact) mass is 417 g/mol. The van der Waals surface area contributed by atoms with Gasteiger partial charge in [0.25, 0.3) is 0 Å². The number of aromatic nitrogens is 2. The van der Waals surface area contributed by atoms with Gasteiger partial charge in [0.1, 0.15) is 12.1 Å². The number of benzene rings is 2. The molecule has 0 radical (unpaired) electrons. The van der Waals surface area contributed by atoms with Gasteiger partial charge in [0, 0.05) is 56.5 Å². The lowest BCUT2D eigenvalue weighted by atomic mass is 10.1. The Morgan fingerprint density at radius 1 is 1.03 bits per heavy atom. The van der Waals surface area contributed by atoms with Crippen molar-refractivity contribution in [3.05, 3.63) is 72.1 Å². The zero-order valence-electron chi connectivity index (χ0n) is 17.4. The summed E-state index contributed by atoms with van der Waals surface area (Å²) in [7, 11) is 0. The first-order valence-electron chi connectivity index (χ1n) is 10.6. The Kier molecular flexibility index (Phi) is 6.86. The van der Waals surface area contributed by atoms with Crippen molar-refractivity contribution in [2.45, 2.75) is 19.4 Å². The number of hydrogen-bond acceptors (Lipinski definition) is 6. The minimum atomic E-state index is -0.785. The van der Waals surface area contributed by atoms with Gasteiger partial charge in [-0.15, -0.1) is 0 Å². The van der Waals surface area contributed by atoms with E-state index in [9.17, 15) is 4.79 Å². The number of hydrogen-bond donors (Lipinski definition) is 3. The zero-order chi connectivity index (χ0) is 21.5. The Balaban J connectivity index is 1.42. The van der Waals surface area contributed by atoms with Crippen molar-refractivity contribution < 1.29 is 9.90 Å². The molecule has 1 aliphatic heterocycles. The first-order chi connectivity index (χ1) is 15.2. The fourth-order valence-corrected chi connectivity index (χ4v) is 3.70. The maximum absolute atomic E-state index is 10.7. The van der Waals surface area contributed by atoms with Crippen molar-refractivity contribution in [1.82, 2.24) is 20.2 Å². The first-order valence-corrected chi connectivity index (χ1v) is 10.6. The van der Waals surface area contributed by atoms with Crippen LogP contribution in [0.1, 0.15) is 17.5 Å². The van der Waals surface area contributed by atoms with Gasteiger partial charge >= 0.3 is 5.97 Å². The summed E-state index contributed by atoms with van der Waals surface area (Å²) in [6, 6.07) is 18.2. The van der Waals surface area contributed by atoms with Crippen molar-refractivity contribution in [2.75, 3.05) is 31.5 Å². The van der Waals surface area contributed by atoms with E-state index in [1.165, 1.54) is 5.56 Å². The molecule has 160 valence electrons. The Bertz CT molecular complexity index is 1020. The first kappa shape index (κ1) is 21.0. The molecule has 3 N–H and O–H groups in total. The van der Waals surface area contributed by atoms with Gasteiger partial charge in [-0.2, -0.15) is 0 Å². The molecule has 2 heterocycles. The molecule has 4 rings (SSSR count). The maximum Gasteiger partial charge on any atom is 0.303 e. The van der Waals surface area contributed by atoms with Gasteiger partial charge in [0.2, 0.25) is 0 Å². The molecule has 2 aromatic carbocycles. The third-order valence-electron chi connectivity index (χ3n) is 5.36. The third kappa shape index (κ3) is 6.10. The number of aliphatic carboxylic acids is 1. The largest absolute Gasteiger partial charge is 0.481 e. The highest BCUT2D eigenvalue weighted by atomic mass is 16.4. The fourth-order valence-electron chi connectivity index (χ4n) is 3.70. The average molecular weight is 418 g/mol. The predicted octanol–water partition coefficient (Wildman–Crippen LogP) is 3.31. The molecule has 7 heteroatoms. The van der Waals surface area contributed by atoms with E-state index in [4.69, 9.17) is 5.11 Å². The summed E-state index contributed by atoms with van der Waals surface area (Å²) in [6.07, 6.45) is 2.21. The fraction of sp³-hybridized carbons (Fsp3) is 0.292. The molecule has 0 atom stereocenters. The van der Waals surface area contributed by atoms with Gasteiger partial charge in [-0.3, -0.25) is 9.69 Å².